The molecule has 1 amide bonds. The van der Waals surface area contributed by atoms with Gasteiger partial charge in [0.15, 0.2) is 0 Å². The van der Waals surface area contributed by atoms with E-state index >= 15 is 0 Å². The van der Waals surface area contributed by atoms with Crippen LogP contribution in [0.1, 0.15) is 37.8 Å². The van der Waals surface area contributed by atoms with E-state index in [4.69, 9.17) is 5.73 Å². The lowest BCUT2D eigenvalue weighted by atomic mass is 9.44. The van der Waals surface area contributed by atoms with Crippen molar-refractivity contribution in [2.45, 2.75) is 32.2 Å². The lowest BCUT2D eigenvalue weighted by Crippen LogP contribution is -2.51. The lowest BCUT2D eigenvalue weighted by Gasteiger charge is -2.60. The Labute approximate surface area is 122 Å². The number of carbonyl (C=O) groups excluding carboxylic acids is 1. The number of allylic oxidation sites excluding steroid dienone is 1. The van der Waals surface area contributed by atoms with Crippen molar-refractivity contribution < 1.29 is 13.6 Å². The van der Waals surface area contributed by atoms with Crippen molar-refractivity contribution in [1.82, 2.24) is 5.32 Å². The van der Waals surface area contributed by atoms with E-state index in [1.54, 1.807) is 6.92 Å². The largest absolute Gasteiger partial charge is 0.395 e. The van der Waals surface area contributed by atoms with Crippen molar-refractivity contribution in [3.05, 3.63) is 47.2 Å². The number of nitrogens with one attached hydrogen (secondary N) is 1. The maximum absolute atomic E-state index is 13.7. The molecular weight excluding hydrogens is 274 g/mol. The van der Waals surface area contributed by atoms with Gasteiger partial charge in [0.1, 0.15) is 11.6 Å². The number of nitrogens with two attached hydrogens (primary N) is 1. The molecule has 1 atom stereocenters. The second kappa shape index (κ2) is 4.83. The molecule has 0 spiro atoms. The average molecular weight is 292 g/mol. The van der Waals surface area contributed by atoms with Crippen LogP contribution in [0.2, 0.25) is 0 Å². The molecule has 0 aromatic heterocycles. The summed E-state index contributed by atoms with van der Waals surface area (Å²) in [5.74, 6) is -0.914. The number of halogens is 2. The molecule has 1 aromatic carbocycles. The first-order chi connectivity index (χ1) is 9.88. The van der Waals surface area contributed by atoms with E-state index < -0.39 is 23.6 Å². The minimum atomic E-state index is -0.676. The van der Waals surface area contributed by atoms with Gasteiger partial charge in [-0.2, -0.15) is 0 Å². The topological polar surface area (TPSA) is 55.1 Å². The van der Waals surface area contributed by atoms with Crippen molar-refractivity contribution in [1.29, 1.82) is 0 Å². The quantitative estimate of drug-likeness (QED) is 0.838. The van der Waals surface area contributed by atoms with Gasteiger partial charge in [0.05, 0.1) is 11.7 Å². The second-order valence-corrected chi connectivity index (χ2v) is 6.30. The number of benzene rings is 1. The monoisotopic (exact) mass is 292 g/mol. The van der Waals surface area contributed by atoms with Gasteiger partial charge >= 0.3 is 0 Å². The van der Waals surface area contributed by atoms with Crippen LogP contribution < -0.4 is 11.1 Å². The lowest BCUT2D eigenvalue weighted by molar-refractivity contribution is -0.118. The summed E-state index contributed by atoms with van der Waals surface area (Å²) in [7, 11) is 0. The van der Waals surface area contributed by atoms with Gasteiger partial charge in [-0.05, 0) is 49.7 Å². The maximum Gasteiger partial charge on any atom is 0.267 e. The van der Waals surface area contributed by atoms with Gasteiger partial charge in [0, 0.05) is 11.6 Å². The molecule has 0 aliphatic heterocycles. The highest BCUT2D eigenvalue weighted by Gasteiger charge is 2.55. The zero-order valence-corrected chi connectivity index (χ0v) is 11.8. The van der Waals surface area contributed by atoms with Gasteiger partial charge in [0.2, 0.25) is 0 Å². The molecule has 5 heteroatoms. The van der Waals surface area contributed by atoms with Gasteiger partial charge in [-0.1, -0.05) is 6.07 Å². The van der Waals surface area contributed by atoms with E-state index in [1.165, 1.54) is 12.1 Å². The summed E-state index contributed by atoms with van der Waals surface area (Å²) in [5, 5.41) is 2.65. The van der Waals surface area contributed by atoms with Crippen LogP contribution in [0.3, 0.4) is 0 Å². The van der Waals surface area contributed by atoms with Gasteiger partial charge in [-0.25, -0.2) is 8.78 Å². The predicted molar refractivity (Wildman–Crippen MR) is 75.0 cm³/mol. The summed E-state index contributed by atoms with van der Waals surface area (Å²) in [6.45, 7) is 1.64. The summed E-state index contributed by atoms with van der Waals surface area (Å²) in [5.41, 5.74) is 6.38. The SMILES string of the molecule is C[C@@H](NC(=O)C(N)=CC12CC(C1)C2)c1ccc(F)cc1F. The van der Waals surface area contributed by atoms with Crippen LogP contribution in [0.25, 0.3) is 0 Å². The van der Waals surface area contributed by atoms with Crippen molar-refractivity contribution in [3.63, 3.8) is 0 Å². The van der Waals surface area contributed by atoms with Gasteiger partial charge in [0.25, 0.3) is 5.91 Å². The maximum atomic E-state index is 13.7. The number of amides is 1. The first kappa shape index (κ1) is 14.0. The van der Waals surface area contributed by atoms with Crippen LogP contribution >= 0.6 is 0 Å². The Hall–Kier alpha value is -1.91. The van der Waals surface area contributed by atoms with E-state index in [0.717, 1.165) is 31.2 Å². The molecule has 112 valence electrons. The molecule has 3 N–H and O–H groups in total. The van der Waals surface area contributed by atoms with E-state index in [1.807, 2.05) is 6.08 Å². The van der Waals surface area contributed by atoms with Crippen LogP contribution in [0, 0.1) is 23.0 Å². The normalized spacial score (nSPS) is 28.3. The minimum Gasteiger partial charge on any atom is -0.395 e. The van der Waals surface area contributed by atoms with E-state index in [9.17, 15) is 13.6 Å². The highest BCUT2D eigenvalue weighted by atomic mass is 19.1. The van der Waals surface area contributed by atoms with Crippen molar-refractivity contribution in [3.8, 4) is 0 Å². The molecular formula is C16H18F2N2O. The molecule has 3 aliphatic rings. The Kier molecular flexibility index (Phi) is 3.23. The Morgan fingerprint density at radius 1 is 1.43 bits per heavy atom. The van der Waals surface area contributed by atoms with Crippen LogP contribution in [0.4, 0.5) is 8.78 Å². The Bertz CT molecular complexity index is 610. The molecule has 21 heavy (non-hydrogen) atoms. The van der Waals surface area contributed by atoms with Crippen LogP contribution in [0.5, 0.6) is 0 Å². The highest BCUT2D eigenvalue weighted by Crippen LogP contribution is 2.65. The molecule has 3 aliphatic carbocycles. The molecule has 3 fully saturated rings. The predicted octanol–water partition coefficient (Wildman–Crippen LogP) is 2.78. The van der Waals surface area contributed by atoms with Gasteiger partial charge in [-0.3, -0.25) is 4.79 Å². The number of hydrogen-bond acceptors (Lipinski definition) is 2. The first-order valence-electron chi connectivity index (χ1n) is 7.13. The Balaban J connectivity index is 1.66. The second-order valence-electron chi connectivity index (χ2n) is 6.30. The first-order valence-corrected chi connectivity index (χ1v) is 7.13. The van der Waals surface area contributed by atoms with Gasteiger partial charge in [-0.15, -0.1) is 0 Å². The van der Waals surface area contributed by atoms with Crippen LogP contribution in [0.15, 0.2) is 30.0 Å². The van der Waals surface area contributed by atoms with Crippen molar-refractivity contribution in [2.75, 3.05) is 0 Å². The van der Waals surface area contributed by atoms with E-state index in [0.29, 0.717) is 0 Å². The third kappa shape index (κ3) is 2.52. The summed E-state index contributed by atoms with van der Waals surface area (Å²) in [4.78, 5) is 12.0. The smallest absolute Gasteiger partial charge is 0.267 e. The molecule has 3 saturated carbocycles. The third-order valence-electron chi connectivity index (χ3n) is 4.59. The summed E-state index contributed by atoms with van der Waals surface area (Å²) in [6, 6.07) is 2.73. The summed E-state index contributed by atoms with van der Waals surface area (Å²) >= 11 is 0. The molecule has 3 nitrogen and oxygen atoms in total. The molecule has 2 bridgehead atoms. The number of hydrogen-bond donors (Lipinski definition) is 2. The zero-order valence-electron chi connectivity index (χ0n) is 11.8. The van der Waals surface area contributed by atoms with Crippen LogP contribution in [-0.2, 0) is 4.79 Å². The average Bonchev–Trinajstić information content (AvgIpc) is 2.31. The van der Waals surface area contributed by atoms with Gasteiger partial charge < -0.3 is 11.1 Å². The zero-order chi connectivity index (χ0) is 15.2. The fourth-order valence-corrected chi connectivity index (χ4v) is 3.33. The Morgan fingerprint density at radius 2 is 2.10 bits per heavy atom. The Morgan fingerprint density at radius 3 is 2.62 bits per heavy atom. The summed E-state index contributed by atoms with van der Waals surface area (Å²) in [6.07, 6.45) is 5.19. The molecule has 0 heterocycles. The molecule has 0 unspecified atom stereocenters. The standard InChI is InChI=1S/C16H18F2N2O/c1-9(12-3-2-11(17)4-13(12)18)20-15(21)14(19)8-16-5-10(6-16)7-16/h2-4,8-10H,5-7,19H2,1H3,(H,20,21)/t9-,10?,16?/m1/s1. The minimum absolute atomic E-state index is 0.135. The van der Waals surface area contributed by atoms with Crippen molar-refractivity contribution in [2.24, 2.45) is 17.1 Å². The highest BCUT2D eigenvalue weighted by molar-refractivity contribution is 5.92. The van der Waals surface area contributed by atoms with E-state index in [-0.39, 0.29) is 16.7 Å². The fourth-order valence-electron chi connectivity index (χ4n) is 3.33. The van der Waals surface area contributed by atoms with Crippen LogP contribution in [-0.4, -0.2) is 5.91 Å². The number of rotatable bonds is 4. The molecule has 0 saturated heterocycles. The molecule has 0 radical (unpaired) electrons. The van der Waals surface area contributed by atoms with E-state index in [2.05, 4.69) is 5.32 Å². The van der Waals surface area contributed by atoms with Crippen molar-refractivity contribution >= 4 is 5.91 Å². The molecule has 4 rings (SSSR count). The summed E-state index contributed by atoms with van der Waals surface area (Å²) < 4.78 is 26.5. The fraction of sp³-hybridized carbons (Fsp3) is 0.438. The number of carbonyl (C=O) groups is 1. The third-order valence-corrected chi connectivity index (χ3v) is 4.59. The molecule has 1 aromatic rings.